The normalized spacial score (nSPS) is 17.6. The monoisotopic (exact) mass is 295 g/mol. The van der Waals surface area contributed by atoms with Crippen LogP contribution in [-0.4, -0.2) is 23.3 Å². The molecule has 0 aliphatic carbocycles. The van der Waals surface area contributed by atoms with Gasteiger partial charge in [-0.15, -0.1) is 0 Å². The van der Waals surface area contributed by atoms with Gasteiger partial charge in [0, 0.05) is 18.9 Å². The summed E-state index contributed by atoms with van der Waals surface area (Å²) in [6.07, 6.45) is 3.56. The van der Waals surface area contributed by atoms with Crippen LogP contribution in [0.2, 0.25) is 0 Å². The zero-order chi connectivity index (χ0) is 13.4. The third-order valence-electron chi connectivity index (χ3n) is 2.45. The second-order valence-corrected chi connectivity index (χ2v) is 5.20. The average Bonchev–Trinajstić information content (AvgIpc) is 2.44. The Kier molecular flexibility index (Phi) is 17.9. The molecule has 0 spiro atoms. The van der Waals surface area contributed by atoms with E-state index in [1.807, 2.05) is 6.92 Å². The van der Waals surface area contributed by atoms with E-state index in [1.54, 1.807) is 0 Å². The van der Waals surface area contributed by atoms with Crippen LogP contribution in [0.3, 0.4) is 0 Å². The molecule has 1 aliphatic rings. The molecule has 3 nitrogen and oxygen atoms in total. The van der Waals surface area contributed by atoms with E-state index >= 15 is 0 Å². The van der Waals surface area contributed by atoms with Crippen molar-refractivity contribution < 1.29 is 61.0 Å². The van der Waals surface area contributed by atoms with Crippen molar-refractivity contribution in [2.75, 3.05) is 6.54 Å². The number of carbonyl (C=O) groups is 2. The van der Waals surface area contributed by atoms with Gasteiger partial charge in [0.1, 0.15) is 0 Å². The number of hydrogen-bond acceptors (Lipinski definition) is 2. The predicted octanol–water partition coefficient (Wildman–Crippen LogP) is 0.832. The number of nitrogens with zero attached hydrogens (tertiary/aromatic N) is 1. The van der Waals surface area contributed by atoms with Gasteiger partial charge in [0.15, 0.2) is 0 Å². The summed E-state index contributed by atoms with van der Waals surface area (Å²) in [6.45, 7) is 10.8. The van der Waals surface area contributed by atoms with Gasteiger partial charge in [-0.1, -0.05) is 34.1 Å². The van der Waals surface area contributed by atoms with Crippen LogP contribution in [0, 0.1) is 11.8 Å². The SMILES string of the molecule is C.CCCCCN1C(=O)CC(C)C1=O.C[C-](C)C.[K+]. The van der Waals surface area contributed by atoms with Crippen LogP contribution in [0.4, 0.5) is 0 Å². The first-order valence-electron chi connectivity index (χ1n) is 6.51. The standard InChI is InChI=1S/C10H17NO2.C4H9.CH4.K/c1-3-4-5-6-11-9(12)7-8(2)10(11)13;1-4(2)3;;/h8H,3-7H2,1-2H3;1-3H3;1H4;/q;-1;;+1. The van der Waals surface area contributed by atoms with Crippen molar-refractivity contribution in [3.63, 3.8) is 0 Å². The summed E-state index contributed by atoms with van der Waals surface area (Å²) in [5.74, 6) is 1.35. The Bertz CT molecular complexity index is 252. The van der Waals surface area contributed by atoms with Crippen LogP contribution in [0.1, 0.15) is 67.7 Å². The van der Waals surface area contributed by atoms with Gasteiger partial charge in [-0.25, -0.2) is 0 Å². The maximum atomic E-state index is 11.4. The molecule has 1 fully saturated rings. The van der Waals surface area contributed by atoms with Crippen LogP contribution in [0.25, 0.3) is 0 Å². The zero-order valence-electron chi connectivity index (χ0n) is 12.9. The number of hydrogen-bond donors (Lipinski definition) is 0. The molecule has 1 saturated heterocycles. The molecule has 1 atom stereocenters. The van der Waals surface area contributed by atoms with Gasteiger partial charge in [0.2, 0.25) is 11.8 Å². The smallest absolute Gasteiger partial charge is 0.323 e. The molecule has 1 rings (SSSR count). The van der Waals surface area contributed by atoms with E-state index in [-0.39, 0.29) is 76.5 Å². The number of imide groups is 1. The molecule has 0 bridgehead atoms. The third kappa shape index (κ3) is 11.1. The summed E-state index contributed by atoms with van der Waals surface area (Å²) >= 11 is 0. The molecular weight excluding hydrogens is 265 g/mol. The van der Waals surface area contributed by atoms with Crippen LogP contribution < -0.4 is 51.4 Å². The molecule has 1 heterocycles. The van der Waals surface area contributed by atoms with E-state index in [4.69, 9.17) is 0 Å². The minimum atomic E-state index is -0.0888. The molecule has 4 heteroatoms. The van der Waals surface area contributed by atoms with Gasteiger partial charge in [-0.3, -0.25) is 14.5 Å². The molecule has 0 aromatic heterocycles. The summed E-state index contributed by atoms with van der Waals surface area (Å²) in [6, 6.07) is 0. The molecule has 2 amide bonds. The molecule has 0 saturated carbocycles. The largest absolute Gasteiger partial charge is 1.00 e. The van der Waals surface area contributed by atoms with Crippen molar-refractivity contribution in [2.45, 2.75) is 67.7 Å². The third-order valence-corrected chi connectivity index (χ3v) is 2.45. The number of likely N-dealkylation sites (tertiary alicyclic amines) is 1. The Hall–Kier alpha value is 0.776. The fraction of sp³-hybridized carbons (Fsp3) is 0.800. The van der Waals surface area contributed by atoms with Crippen molar-refractivity contribution in [2.24, 2.45) is 5.92 Å². The van der Waals surface area contributed by atoms with Gasteiger partial charge in [-0.2, -0.15) is 20.8 Å². The Labute approximate surface area is 162 Å². The molecule has 1 unspecified atom stereocenters. The topological polar surface area (TPSA) is 37.4 Å². The Morgan fingerprint density at radius 3 is 2.00 bits per heavy atom. The van der Waals surface area contributed by atoms with Gasteiger partial charge in [0.05, 0.1) is 0 Å². The molecule has 0 N–H and O–H groups in total. The number of rotatable bonds is 4. The fourth-order valence-electron chi connectivity index (χ4n) is 1.60. The van der Waals surface area contributed by atoms with E-state index in [0.29, 0.717) is 13.0 Å². The molecular formula is C15H30KNO2. The van der Waals surface area contributed by atoms with Crippen molar-refractivity contribution in [3.8, 4) is 0 Å². The second-order valence-electron chi connectivity index (χ2n) is 5.20. The summed E-state index contributed by atoms with van der Waals surface area (Å²) < 4.78 is 0. The first-order valence-corrected chi connectivity index (χ1v) is 6.51. The molecule has 19 heavy (non-hydrogen) atoms. The van der Waals surface area contributed by atoms with Gasteiger partial charge in [-0.05, 0) is 6.42 Å². The summed E-state index contributed by atoms with van der Waals surface area (Å²) in [4.78, 5) is 24.1. The van der Waals surface area contributed by atoms with Crippen molar-refractivity contribution in [1.82, 2.24) is 4.90 Å². The molecule has 0 aromatic carbocycles. The first-order chi connectivity index (χ1) is 7.90. The van der Waals surface area contributed by atoms with Crippen molar-refractivity contribution >= 4 is 11.8 Å². The Morgan fingerprint density at radius 1 is 1.21 bits per heavy atom. The van der Waals surface area contributed by atoms with E-state index in [2.05, 4.69) is 27.7 Å². The maximum absolute atomic E-state index is 11.4. The Morgan fingerprint density at radius 2 is 1.68 bits per heavy atom. The van der Waals surface area contributed by atoms with Crippen LogP contribution in [0.5, 0.6) is 0 Å². The minimum absolute atomic E-state index is 0. The van der Waals surface area contributed by atoms with Crippen LogP contribution in [0.15, 0.2) is 0 Å². The maximum Gasteiger partial charge on any atom is 1.00 e. The van der Waals surface area contributed by atoms with Crippen LogP contribution >= 0.6 is 0 Å². The average molecular weight is 296 g/mol. The van der Waals surface area contributed by atoms with Crippen LogP contribution in [-0.2, 0) is 9.59 Å². The molecule has 0 aromatic rings. The number of amides is 2. The Balaban J connectivity index is -0.000000379. The predicted molar refractivity (Wildman–Crippen MR) is 77.0 cm³/mol. The zero-order valence-corrected chi connectivity index (χ0v) is 16.0. The quantitative estimate of drug-likeness (QED) is 0.333. The van der Waals surface area contributed by atoms with Gasteiger partial charge < -0.3 is 5.92 Å². The number of unbranched alkanes of at least 4 members (excludes halogenated alkanes) is 2. The van der Waals surface area contributed by atoms with Gasteiger partial charge in [0.25, 0.3) is 0 Å². The van der Waals surface area contributed by atoms with E-state index in [1.165, 1.54) is 10.8 Å². The minimum Gasteiger partial charge on any atom is -0.323 e. The van der Waals surface area contributed by atoms with Crippen molar-refractivity contribution in [3.05, 3.63) is 5.92 Å². The van der Waals surface area contributed by atoms with E-state index in [0.717, 1.165) is 19.3 Å². The molecule has 0 radical (unpaired) electrons. The summed E-state index contributed by atoms with van der Waals surface area (Å²) in [5, 5.41) is 0. The molecule has 108 valence electrons. The van der Waals surface area contributed by atoms with E-state index < -0.39 is 0 Å². The first kappa shape index (κ1) is 24.8. The summed E-state index contributed by atoms with van der Waals surface area (Å²) in [5.41, 5.74) is 0. The fourth-order valence-corrected chi connectivity index (χ4v) is 1.60. The summed E-state index contributed by atoms with van der Waals surface area (Å²) in [7, 11) is 0. The van der Waals surface area contributed by atoms with Crippen molar-refractivity contribution in [1.29, 1.82) is 0 Å². The number of carbonyl (C=O) groups excluding carboxylic acids is 2. The van der Waals surface area contributed by atoms with E-state index in [9.17, 15) is 9.59 Å². The second kappa shape index (κ2) is 13.7. The van der Waals surface area contributed by atoms with Gasteiger partial charge >= 0.3 is 51.4 Å². The molecule has 1 aliphatic heterocycles.